The summed E-state index contributed by atoms with van der Waals surface area (Å²) < 4.78 is 38.3. The minimum absolute atomic E-state index is 0. The van der Waals surface area contributed by atoms with Gasteiger partial charge in [0.1, 0.15) is 0 Å². The van der Waals surface area contributed by atoms with Gasteiger partial charge in [-0.3, -0.25) is 4.99 Å². The van der Waals surface area contributed by atoms with Crippen molar-refractivity contribution in [2.24, 2.45) is 4.99 Å². The molecule has 2 N–H and O–H groups in total. The van der Waals surface area contributed by atoms with Crippen LogP contribution < -0.4 is 10.6 Å². The van der Waals surface area contributed by atoms with E-state index in [9.17, 15) is 13.2 Å². The van der Waals surface area contributed by atoms with Crippen LogP contribution >= 0.6 is 24.0 Å². The molecule has 0 amide bonds. The standard InChI is InChI=1S/C21H27F3N4.HI/c1-25-20(27-17-13-18-9-4-10-19(14-17)28(18)2)26-11-5-7-15-6-3-8-16(12-15)21(22,23)24;/h3,6,8,12,17-19H,4,9-11,13-14H2,1-2H3,(H2,25,26,27);1H. The summed E-state index contributed by atoms with van der Waals surface area (Å²) in [6, 6.07) is 6.70. The highest BCUT2D eigenvalue weighted by atomic mass is 127. The number of benzene rings is 1. The summed E-state index contributed by atoms with van der Waals surface area (Å²) in [4.78, 5) is 6.76. The molecule has 160 valence electrons. The van der Waals surface area contributed by atoms with Gasteiger partial charge >= 0.3 is 6.18 Å². The molecule has 2 heterocycles. The van der Waals surface area contributed by atoms with E-state index < -0.39 is 11.7 Å². The second-order valence-electron chi connectivity index (χ2n) is 7.52. The second-order valence-corrected chi connectivity index (χ2v) is 7.52. The first-order chi connectivity index (χ1) is 13.4. The Morgan fingerprint density at radius 1 is 1.24 bits per heavy atom. The van der Waals surface area contributed by atoms with E-state index in [1.165, 1.54) is 25.3 Å². The van der Waals surface area contributed by atoms with E-state index in [4.69, 9.17) is 0 Å². The van der Waals surface area contributed by atoms with Gasteiger partial charge in [0.05, 0.1) is 12.1 Å². The molecule has 2 aliphatic heterocycles. The highest BCUT2D eigenvalue weighted by Crippen LogP contribution is 2.32. The number of nitrogens with zero attached hydrogens (tertiary/aromatic N) is 2. The lowest BCUT2D eigenvalue weighted by atomic mass is 9.82. The van der Waals surface area contributed by atoms with Crippen molar-refractivity contribution >= 4 is 29.9 Å². The Balaban J connectivity index is 0.00000300. The topological polar surface area (TPSA) is 39.7 Å². The van der Waals surface area contributed by atoms with Crippen LogP contribution in [0, 0.1) is 11.8 Å². The van der Waals surface area contributed by atoms with Gasteiger partial charge in [-0.05, 0) is 50.9 Å². The molecule has 2 bridgehead atoms. The fraction of sp³-hybridized carbons (Fsp3) is 0.571. The first kappa shape index (κ1) is 23.8. The van der Waals surface area contributed by atoms with E-state index in [0.717, 1.165) is 25.0 Å². The highest BCUT2D eigenvalue weighted by Gasteiger charge is 2.36. The van der Waals surface area contributed by atoms with E-state index in [1.807, 2.05) is 0 Å². The van der Waals surface area contributed by atoms with Crippen LogP contribution in [0.2, 0.25) is 0 Å². The maximum atomic E-state index is 12.8. The maximum Gasteiger partial charge on any atom is 0.416 e. The van der Waals surface area contributed by atoms with E-state index in [2.05, 4.69) is 39.4 Å². The molecule has 1 aromatic rings. The molecule has 2 aliphatic rings. The first-order valence-corrected chi connectivity index (χ1v) is 9.72. The SMILES string of the molecule is CN=C(NCC#Cc1cccc(C(F)(F)F)c1)NC1CC2CCCC(C1)N2C.I. The number of fused-ring (bicyclic) bond motifs is 2. The fourth-order valence-corrected chi connectivity index (χ4v) is 4.17. The summed E-state index contributed by atoms with van der Waals surface area (Å²) >= 11 is 0. The van der Waals surface area contributed by atoms with Gasteiger partial charge in [0, 0.05) is 30.7 Å². The molecule has 2 unspecified atom stereocenters. The van der Waals surface area contributed by atoms with Crippen LogP contribution in [0.1, 0.15) is 43.2 Å². The van der Waals surface area contributed by atoms with Crippen LogP contribution in [0.15, 0.2) is 29.3 Å². The van der Waals surface area contributed by atoms with E-state index >= 15 is 0 Å². The van der Waals surface area contributed by atoms with Gasteiger partial charge in [0.2, 0.25) is 0 Å². The van der Waals surface area contributed by atoms with Gasteiger partial charge in [-0.2, -0.15) is 13.2 Å². The third-order valence-corrected chi connectivity index (χ3v) is 5.67. The molecular formula is C21H28F3IN4. The van der Waals surface area contributed by atoms with E-state index in [0.29, 0.717) is 36.2 Å². The number of aliphatic imine (C=N–C) groups is 1. The lowest BCUT2D eigenvalue weighted by molar-refractivity contribution is -0.137. The van der Waals surface area contributed by atoms with Crippen molar-refractivity contribution in [3.05, 3.63) is 35.4 Å². The highest BCUT2D eigenvalue weighted by molar-refractivity contribution is 14.0. The molecule has 2 saturated heterocycles. The predicted octanol–water partition coefficient (Wildman–Crippen LogP) is 3.86. The average Bonchev–Trinajstić information content (AvgIpc) is 2.64. The van der Waals surface area contributed by atoms with Crippen molar-refractivity contribution in [1.29, 1.82) is 0 Å². The van der Waals surface area contributed by atoms with Crippen LogP contribution in [0.4, 0.5) is 13.2 Å². The Kier molecular flexibility index (Phi) is 8.64. The molecule has 29 heavy (non-hydrogen) atoms. The maximum absolute atomic E-state index is 12.8. The molecule has 8 heteroatoms. The third-order valence-electron chi connectivity index (χ3n) is 5.67. The van der Waals surface area contributed by atoms with Crippen molar-refractivity contribution < 1.29 is 13.2 Å². The number of hydrogen-bond donors (Lipinski definition) is 2. The lowest BCUT2D eigenvalue weighted by Gasteiger charge is -2.47. The molecule has 0 saturated carbocycles. The molecule has 0 aliphatic carbocycles. The summed E-state index contributed by atoms with van der Waals surface area (Å²) in [7, 11) is 3.94. The summed E-state index contributed by atoms with van der Waals surface area (Å²) in [6.07, 6.45) is 1.66. The van der Waals surface area contributed by atoms with Crippen LogP contribution in [0.25, 0.3) is 0 Å². The molecule has 0 aromatic heterocycles. The normalized spacial score (nSPS) is 24.7. The second kappa shape index (κ2) is 10.5. The summed E-state index contributed by atoms with van der Waals surface area (Å²) in [6.45, 7) is 0.315. The molecule has 2 atom stereocenters. The molecular weight excluding hydrogens is 492 g/mol. The van der Waals surface area contributed by atoms with Crippen molar-refractivity contribution in [3.8, 4) is 11.8 Å². The summed E-state index contributed by atoms with van der Waals surface area (Å²) in [5.74, 6) is 6.33. The summed E-state index contributed by atoms with van der Waals surface area (Å²) in [5, 5.41) is 6.62. The number of halogens is 4. The molecule has 3 rings (SSSR count). The van der Waals surface area contributed by atoms with Crippen molar-refractivity contribution in [2.45, 2.75) is 56.4 Å². The largest absolute Gasteiger partial charge is 0.416 e. The number of rotatable bonds is 2. The van der Waals surface area contributed by atoms with E-state index in [-0.39, 0.29) is 24.0 Å². The fourth-order valence-electron chi connectivity index (χ4n) is 4.17. The van der Waals surface area contributed by atoms with Crippen molar-refractivity contribution in [3.63, 3.8) is 0 Å². The van der Waals surface area contributed by atoms with Crippen molar-refractivity contribution in [1.82, 2.24) is 15.5 Å². The molecule has 0 spiro atoms. The molecule has 4 nitrogen and oxygen atoms in total. The average molecular weight is 520 g/mol. The third kappa shape index (κ3) is 6.51. The van der Waals surface area contributed by atoms with E-state index in [1.54, 1.807) is 13.1 Å². The zero-order valence-corrected chi connectivity index (χ0v) is 19.1. The van der Waals surface area contributed by atoms with Gasteiger partial charge < -0.3 is 15.5 Å². The molecule has 1 aromatic carbocycles. The Labute approximate surface area is 187 Å². The Hall–Kier alpha value is -1.47. The Bertz CT molecular complexity index is 755. The monoisotopic (exact) mass is 520 g/mol. The minimum atomic E-state index is -4.35. The number of alkyl halides is 3. The number of guanidine groups is 1. The predicted molar refractivity (Wildman–Crippen MR) is 120 cm³/mol. The summed E-state index contributed by atoms with van der Waals surface area (Å²) in [5.41, 5.74) is -0.333. The first-order valence-electron chi connectivity index (χ1n) is 9.72. The smallest absolute Gasteiger partial charge is 0.354 e. The van der Waals surface area contributed by atoms with Crippen LogP contribution in [-0.4, -0.2) is 49.6 Å². The minimum Gasteiger partial charge on any atom is -0.354 e. The van der Waals surface area contributed by atoms with Gasteiger partial charge in [-0.15, -0.1) is 24.0 Å². The van der Waals surface area contributed by atoms with Gasteiger partial charge in [0.15, 0.2) is 5.96 Å². The molecule has 0 radical (unpaired) electrons. The van der Waals surface area contributed by atoms with Crippen molar-refractivity contribution in [2.75, 3.05) is 20.6 Å². The lowest BCUT2D eigenvalue weighted by Crippen LogP contribution is -2.56. The number of hydrogen-bond acceptors (Lipinski definition) is 2. The quantitative estimate of drug-likeness (QED) is 0.270. The van der Waals surface area contributed by atoms with Gasteiger partial charge in [-0.1, -0.05) is 24.3 Å². The molecule has 2 fully saturated rings. The van der Waals surface area contributed by atoms with Crippen LogP contribution in [0.5, 0.6) is 0 Å². The van der Waals surface area contributed by atoms with Gasteiger partial charge in [-0.25, -0.2) is 0 Å². The zero-order chi connectivity index (χ0) is 20.1. The Morgan fingerprint density at radius 3 is 2.55 bits per heavy atom. The zero-order valence-electron chi connectivity index (χ0n) is 16.7. The van der Waals surface area contributed by atoms with Crippen LogP contribution in [0.3, 0.4) is 0 Å². The van der Waals surface area contributed by atoms with Crippen LogP contribution in [-0.2, 0) is 6.18 Å². The number of piperidine rings is 2. The Morgan fingerprint density at radius 2 is 1.93 bits per heavy atom. The number of nitrogens with one attached hydrogen (secondary N) is 2. The van der Waals surface area contributed by atoms with Gasteiger partial charge in [0.25, 0.3) is 0 Å².